The SMILES string of the molecule is Cc1cc(C)c(C)c(S(=O)(=O)N2CCn3c(nn(CC4CC4)c3=O)C2)c1C. The number of aromatic nitrogens is 3. The molecule has 1 aromatic carbocycles. The van der Waals surface area contributed by atoms with Gasteiger partial charge in [0, 0.05) is 19.6 Å². The van der Waals surface area contributed by atoms with Crippen LogP contribution in [0.5, 0.6) is 0 Å². The van der Waals surface area contributed by atoms with Gasteiger partial charge >= 0.3 is 5.69 Å². The van der Waals surface area contributed by atoms with Gasteiger partial charge in [-0.3, -0.25) is 4.57 Å². The van der Waals surface area contributed by atoms with Crippen molar-refractivity contribution < 1.29 is 8.42 Å². The Balaban J connectivity index is 1.70. The van der Waals surface area contributed by atoms with E-state index in [0.29, 0.717) is 29.7 Å². The van der Waals surface area contributed by atoms with Crippen molar-refractivity contribution >= 4 is 10.0 Å². The highest BCUT2D eigenvalue weighted by atomic mass is 32.2. The van der Waals surface area contributed by atoms with Gasteiger partial charge in [-0.1, -0.05) is 6.07 Å². The zero-order chi connectivity index (χ0) is 19.5. The molecule has 0 bridgehead atoms. The van der Waals surface area contributed by atoms with E-state index in [2.05, 4.69) is 5.10 Å². The minimum atomic E-state index is -3.66. The van der Waals surface area contributed by atoms with E-state index in [1.54, 1.807) is 4.57 Å². The molecule has 0 spiro atoms. The van der Waals surface area contributed by atoms with E-state index in [0.717, 1.165) is 35.1 Å². The third kappa shape index (κ3) is 3.04. The minimum Gasteiger partial charge on any atom is -0.276 e. The van der Waals surface area contributed by atoms with Crippen LogP contribution < -0.4 is 5.69 Å². The number of sulfonamides is 1. The summed E-state index contributed by atoms with van der Waals surface area (Å²) in [5.74, 6) is 1.08. The molecule has 0 unspecified atom stereocenters. The first-order chi connectivity index (χ1) is 12.7. The molecular weight excluding hydrogens is 364 g/mol. The predicted octanol–water partition coefficient (Wildman–Crippen LogP) is 1.89. The smallest absolute Gasteiger partial charge is 0.276 e. The summed E-state index contributed by atoms with van der Waals surface area (Å²) in [6.45, 7) is 9.01. The van der Waals surface area contributed by atoms with Crippen LogP contribution in [0.25, 0.3) is 0 Å². The monoisotopic (exact) mass is 390 g/mol. The van der Waals surface area contributed by atoms with Crippen LogP contribution >= 0.6 is 0 Å². The Kier molecular flexibility index (Phi) is 4.31. The van der Waals surface area contributed by atoms with Gasteiger partial charge in [0.2, 0.25) is 10.0 Å². The third-order valence-corrected chi connectivity index (χ3v) is 8.03. The van der Waals surface area contributed by atoms with Crippen molar-refractivity contribution in [2.45, 2.75) is 65.1 Å². The lowest BCUT2D eigenvalue weighted by Gasteiger charge is -2.28. The fourth-order valence-electron chi connectivity index (χ4n) is 3.84. The Morgan fingerprint density at radius 1 is 1.07 bits per heavy atom. The molecule has 0 saturated heterocycles. The Morgan fingerprint density at radius 3 is 2.30 bits per heavy atom. The Bertz CT molecular complexity index is 1050. The Morgan fingerprint density at radius 2 is 1.70 bits per heavy atom. The molecule has 4 rings (SSSR count). The molecule has 2 heterocycles. The maximum absolute atomic E-state index is 13.4. The number of nitrogens with zero attached hydrogens (tertiary/aromatic N) is 4. The van der Waals surface area contributed by atoms with Crippen molar-refractivity contribution in [2.24, 2.45) is 5.92 Å². The third-order valence-electron chi connectivity index (χ3n) is 5.91. The summed E-state index contributed by atoms with van der Waals surface area (Å²) in [6, 6.07) is 2.02. The molecule has 1 aromatic heterocycles. The maximum Gasteiger partial charge on any atom is 0.346 e. The van der Waals surface area contributed by atoms with Crippen molar-refractivity contribution in [2.75, 3.05) is 6.54 Å². The average molecular weight is 391 g/mol. The van der Waals surface area contributed by atoms with E-state index in [-0.39, 0.29) is 18.8 Å². The molecule has 7 nitrogen and oxygen atoms in total. The van der Waals surface area contributed by atoms with Gasteiger partial charge in [0.05, 0.1) is 11.4 Å². The number of rotatable bonds is 4. The zero-order valence-electron chi connectivity index (χ0n) is 16.3. The van der Waals surface area contributed by atoms with Crippen LogP contribution in [0.15, 0.2) is 15.8 Å². The number of fused-ring (bicyclic) bond motifs is 1. The van der Waals surface area contributed by atoms with Crippen LogP contribution in [-0.4, -0.2) is 33.6 Å². The highest BCUT2D eigenvalue weighted by molar-refractivity contribution is 7.89. The summed E-state index contributed by atoms with van der Waals surface area (Å²) in [5.41, 5.74) is 3.41. The summed E-state index contributed by atoms with van der Waals surface area (Å²) in [6.07, 6.45) is 2.28. The minimum absolute atomic E-state index is 0.118. The van der Waals surface area contributed by atoms with Crippen LogP contribution in [0.1, 0.15) is 40.9 Å². The summed E-state index contributed by atoms with van der Waals surface area (Å²) >= 11 is 0. The molecule has 0 N–H and O–H groups in total. The Labute approximate surface area is 159 Å². The summed E-state index contributed by atoms with van der Waals surface area (Å²) < 4.78 is 31.4. The second kappa shape index (κ2) is 6.31. The van der Waals surface area contributed by atoms with Crippen LogP contribution in [0.4, 0.5) is 0 Å². The van der Waals surface area contributed by atoms with Gasteiger partial charge in [-0.25, -0.2) is 17.9 Å². The molecule has 1 saturated carbocycles. The van der Waals surface area contributed by atoms with Gasteiger partial charge in [0.15, 0.2) is 0 Å². The zero-order valence-corrected chi connectivity index (χ0v) is 17.1. The molecule has 1 aliphatic heterocycles. The lowest BCUT2D eigenvalue weighted by atomic mass is 10.0. The van der Waals surface area contributed by atoms with Gasteiger partial charge in [-0.2, -0.15) is 9.40 Å². The second-order valence-corrected chi connectivity index (χ2v) is 9.78. The van der Waals surface area contributed by atoms with E-state index in [4.69, 9.17) is 0 Å². The van der Waals surface area contributed by atoms with E-state index in [1.165, 1.54) is 8.99 Å². The lowest BCUT2D eigenvalue weighted by Crippen LogP contribution is -2.41. The number of hydrogen-bond donors (Lipinski definition) is 0. The van der Waals surface area contributed by atoms with Gasteiger partial charge < -0.3 is 0 Å². The Hall–Kier alpha value is -1.93. The largest absolute Gasteiger partial charge is 0.346 e. The van der Waals surface area contributed by atoms with Gasteiger partial charge in [0.25, 0.3) is 0 Å². The second-order valence-electron chi connectivity index (χ2n) is 7.90. The maximum atomic E-state index is 13.4. The highest BCUT2D eigenvalue weighted by Gasteiger charge is 2.34. The highest BCUT2D eigenvalue weighted by Crippen LogP contribution is 2.31. The summed E-state index contributed by atoms with van der Waals surface area (Å²) in [7, 11) is -3.66. The van der Waals surface area contributed by atoms with E-state index in [1.807, 2.05) is 33.8 Å². The van der Waals surface area contributed by atoms with Crippen molar-refractivity contribution in [1.29, 1.82) is 0 Å². The lowest BCUT2D eigenvalue weighted by molar-refractivity contribution is 0.332. The molecule has 0 atom stereocenters. The molecular formula is C19H26N4O3S. The molecule has 1 aliphatic carbocycles. The summed E-state index contributed by atoms with van der Waals surface area (Å²) in [5, 5.41) is 4.43. The van der Waals surface area contributed by atoms with Crippen LogP contribution in [0.3, 0.4) is 0 Å². The first-order valence-corrected chi connectivity index (χ1v) is 10.9. The molecule has 2 aliphatic rings. The first-order valence-electron chi connectivity index (χ1n) is 9.44. The topological polar surface area (TPSA) is 77.2 Å². The van der Waals surface area contributed by atoms with Gasteiger partial charge in [-0.15, -0.1) is 0 Å². The number of benzene rings is 1. The number of aryl methyl sites for hydroxylation is 2. The first kappa shape index (κ1) is 18.4. The van der Waals surface area contributed by atoms with Crippen molar-refractivity contribution in [3.63, 3.8) is 0 Å². The van der Waals surface area contributed by atoms with Gasteiger partial charge in [0.1, 0.15) is 5.82 Å². The molecule has 27 heavy (non-hydrogen) atoms. The molecule has 0 amide bonds. The fraction of sp³-hybridized carbons (Fsp3) is 0.579. The van der Waals surface area contributed by atoms with E-state index < -0.39 is 10.0 Å². The normalized spacial score (nSPS) is 17.9. The van der Waals surface area contributed by atoms with Crippen molar-refractivity contribution in [3.8, 4) is 0 Å². The molecule has 0 radical (unpaired) electrons. The molecule has 8 heteroatoms. The van der Waals surface area contributed by atoms with Crippen LogP contribution in [0, 0.1) is 33.6 Å². The quantitative estimate of drug-likeness (QED) is 0.799. The predicted molar refractivity (Wildman–Crippen MR) is 102 cm³/mol. The molecule has 146 valence electrons. The van der Waals surface area contributed by atoms with Crippen LogP contribution in [0.2, 0.25) is 0 Å². The van der Waals surface area contributed by atoms with E-state index >= 15 is 0 Å². The summed E-state index contributed by atoms with van der Waals surface area (Å²) in [4.78, 5) is 12.9. The van der Waals surface area contributed by atoms with E-state index in [9.17, 15) is 13.2 Å². The van der Waals surface area contributed by atoms with Crippen LogP contribution in [-0.2, 0) is 29.7 Å². The average Bonchev–Trinajstić information content (AvgIpc) is 3.37. The molecule has 1 fully saturated rings. The molecule has 2 aromatic rings. The van der Waals surface area contributed by atoms with Gasteiger partial charge in [-0.05, 0) is 68.7 Å². The fourth-order valence-corrected chi connectivity index (χ4v) is 5.80. The standard InChI is InChI=1S/C19H26N4O3S/c1-12-9-13(2)15(4)18(14(12)3)27(25,26)21-7-8-22-17(11-21)20-23(19(22)24)10-16-5-6-16/h9,16H,5-8,10-11H2,1-4H3. The number of hydrogen-bond acceptors (Lipinski definition) is 4. The van der Waals surface area contributed by atoms with Crippen molar-refractivity contribution in [3.05, 3.63) is 44.6 Å². The van der Waals surface area contributed by atoms with Crippen molar-refractivity contribution in [1.82, 2.24) is 18.7 Å².